The second kappa shape index (κ2) is 8.52. The molecule has 1 aliphatic heterocycles. The quantitative estimate of drug-likeness (QED) is 0.753. The molecule has 0 atom stereocenters. The van der Waals surface area contributed by atoms with Gasteiger partial charge < -0.3 is 20.1 Å². The summed E-state index contributed by atoms with van der Waals surface area (Å²) in [7, 11) is 0. The van der Waals surface area contributed by atoms with E-state index >= 15 is 0 Å². The van der Waals surface area contributed by atoms with Gasteiger partial charge in [0.1, 0.15) is 0 Å². The molecule has 21 heavy (non-hydrogen) atoms. The fourth-order valence-corrected chi connectivity index (χ4v) is 2.11. The van der Waals surface area contributed by atoms with Gasteiger partial charge in [0, 0.05) is 32.5 Å². The van der Waals surface area contributed by atoms with Crippen molar-refractivity contribution < 1.29 is 14.3 Å². The maximum absolute atomic E-state index is 11.5. The molecule has 5 nitrogen and oxygen atoms in total. The lowest BCUT2D eigenvalue weighted by Gasteiger charge is -2.10. The summed E-state index contributed by atoms with van der Waals surface area (Å²) in [6, 6.07) is 5.98. The van der Waals surface area contributed by atoms with Crippen molar-refractivity contribution >= 4 is 5.91 Å². The lowest BCUT2D eigenvalue weighted by molar-refractivity contribution is -0.120. The minimum Gasteiger partial charge on any atom is -0.490 e. The van der Waals surface area contributed by atoms with Crippen LogP contribution in [0, 0.1) is 0 Å². The van der Waals surface area contributed by atoms with E-state index in [1.165, 1.54) is 0 Å². The normalized spacial score (nSPS) is 13.6. The second-order valence-electron chi connectivity index (χ2n) is 5.11. The topological polar surface area (TPSA) is 59.6 Å². The first-order valence-corrected chi connectivity index (χ1v) is 7.65. The summed E-state index contributed by atoms with van der Waals surface area (Å²) in [6.45, 7) is 5.59. The zero-order valence-electron chi connectivity index (χ0n) is 12.6. The van der Waals surface area contributed by atoms with E-state index in [4.69, 9.17) is 9.47 Å². The molecule has 1 aromatic rings. The van der Waals surface area contributed by atoms with Crippen LogP contribution in [0.25, 0.3) is 0 Å². The van der Waals surface area contributed by atoms with Crippen LogP contribution in [0.1, 0.15) is 31.7 Å². The summed E-state index contributed by atoms with van der Waals surface area (Å²) in [5, 5.41) is 6.14. The summed E-state index contributed by atoms with van der Waals surface area (Å²) in [5.74, 6) is 1.73. The van der Waals surface area contributed by atoms with Gasteiger partial charge in [-0.2, -0.15) is 0 Å². The van der Waals surface area contributed by atoms with Crippen molar-refractivity contribution in [1.29, 1.82) is 0 Å². The molecule has 2 rings (SSSR count). The van der Waals surface area contributed by atoms with Gasteiger partial charge in [0.05, 0.1) is 13.2 Å². The standard InChI is InChI=1S/C16H24N2O3/c1-2-7-18-16(19)6-8-17-12-13-4-5-14-15(11-13)21-10-3-9-20-14/h4-5,11,17H,2-3,6-10,12H2,1H3,(H,18,19). The van der Waals surface area contributed by atoms with E-state index in [1.54, 1.807) is 0 Å². The molecular weight excluding hydrogens is 268 g/mol. The molecule has 0 saturated heterocycles. The largest absolute Gasteiger partial charge is 0.490 e. The van der Waals surface area contributed by atoms with Crippen molar-refractivity contribution in [3.63, 3.8) is 0 Å². The minimum atomic E-state index is 0.100. The van der Waals surface area contributed by atoms with Gasteiger partial charge in [-0.05, 0) is 24.1 Å². The molecule has 1 heterocycles. The Morgan fingerprint density at radius 3 is 2.81 bits per heavy atom. The van der Waals surface area contributed by atoms with Gasteiger partial charge in [-0.1, -0.05) is 13.0 Å². The number of ether oxygens (including phenoxy) is 2. The molecule has 0 spiro atoms. The first-order valence-electron chi connectivity index (χ1n) is 7.65. The fraction of sp³-hybridized carbons (Fsp3) is 0.562. The van der Waals surface area contributed by atoms with Crippen LogP contribution in [-0.4, -0.2) is 32.2 Å². The number of hydrogen-bond donors (Lipinski definition) is 2. The van der Waals surface area contributed by atoms with Gasteiger partial charge in [0.2, 0.25) is 5.91 Å². The first kappa shape index (κ1) is 15.6. The van der Waals surface area contributed by atoms with E-state index in [0.717, 1.165) is 43.0 Å². The van der Waals surface area contributed by atoms with Gasteiger partial charge in [0.15, 0.2) is 11.5 Å². The lowest BCUT2D eigenvalue weighted by atomic mass is 10.2. The van der Waals surface area contributed by atoms with Gasteiger partial charge in [0.25, 0.3) is 0 Å². The molecular formula is C16H24N2O3. The van der Waals surface area contributed by atoms with Crippen molar-refractivity contribution in [3.05, 3.63) is 23.8 Å². The predicted octanol–water partition coefficient (Wildman–Crippen LogP) is 1.85. The Hall–Kier alpha value is -1.75. The number of amides is 1. The summed E-state index contributed by atoms with van der Waals surface area (Å²) in [5.41, 5.74) is 1.13. The molecule has 1 amide bonds. The van der Waals surface area contributed by atoms with E-state index in [9.17, 15) is 4.79 Å². The van der Waals surface area contributed by atoms with Gasteiger partial charge >= 0.3 is 0 Å². The highest BCUT2D eigenvalue weighted by Crippen LogP contribution is 2.30. The highest BCUT2D eigenvalue weighted by Gasteiger charge is 2.10. The van der Waals surface area contributed by atoms with Crippen molar-refractivity contribution in [2.75, 3.05) is 26.3 Å². The van der Waals surface area contributed by atoms with E-state index in [0.29, 0.717) is 26.2 Å². The summed E-state index contributed by atoms with van der Waals surface area (Å²) < 4.78 is 11.3. The molecule has 0 aliphatic carbocycles. The first-order chi connectivity index (χ1) is 10.3. The summed E-state index contributed by atoms with van der Waals surface area (Å²) >= 11 is 0. The molecule has 0 saturated carbocycles. The number of carbonyl (C=O) groups is 1. The van der Waals surface area contributed by atoms with Crippen LogP contribution in [0.2, 0.25) is 0 Å². The van der Waals surface area contributed by atoms with Crippen LogP contribution < -0.4 is 20.1 Å². The lowest BCUT2D eigenvalue weighted by Crippen LogP contribution is -2.28. The average molecular weight is 292 g/mol. The third-order valence-electron chi connectivity index (χ3n) is 3.24. The SMILES string of the molecule is CCCNC(=O)CCNCc1ccc2c(c1)OCCCO2. The zero-order chi connectivity index (χ0) is 14.9. The zero-order valence-corrected chi connectivity index (χ0v) is 12.6. The maximum atomic E-state index is 11.5. The van der Waals surface area contributed by atoms with Crippen molar-refractivity contribution in [2.45, 2.75) is 32.7 Å². The average Bonchev–Trinajstić information content (AvgIpc) is 2.74. The Morgan fingerprint density at radius 2 is 2.00 bits per heavy atom. The van der Waals surface area contributed by atoms with E-state index in [2.05, 4.69) is 10.6 Å². The molecule has 0 radical (unpaired) electrons. The van der Waals surface area contributed by atoms with Gasteiger partial charge in [-0.15, -0.1) is 0 Å². The molecule has 1 aliphatic rings. The number of carbonyl (C=O) groups excluding carboxylic acids is 1. The van der Waals surface area contributed by atoms with E-state index in [1.807, 2.05) is 25.1 Å². The van der Waals surface area contributed by atoms with Crippen LogP contribution in [-0.2, 0) is 11.3 Å². The highest BCUT2D eigenvalue weighted by molar-refractivity contribution is 5.75. The number of hydrogen-bond acceptors (Lipinski definition) is 4. The third kappa shape index (κ3) is 5.27. The van der Waals surface area contributed by atoms with Gasteiger partial charge in [-0.25, -0.2) is 0 Å². The Labute approximate surface area is 126 Å². The molecule has 116 valence electrons. The van der Waals surface area contributed by atoms with E-state index in [-0.39, 0.29) is 5.91 Å². The maximum Gasteiger partial charge on any atom is 0.221 e. The van der Waals surface area contributed by atoms with E-state index < -0.39 is 0 Å². The second-order valence-corrected chi connectivity index (χ2v) is 5.11. The van der Waals surface area contributed by atoms with Crippen molar-refractivity contribution in [1.82, 2.24) is 10.6 Å². The Kier molecular flexibility index (Phi) is 6.34. The Morgan fingerprint density at radius 1 is 1.19 bits per heavy atom. The predicted molar refractivity (Wildman–Crippen MR) is 81.7 cm³/mol. The molecule has 0 bridgehead atoms. The molecule has 1 aromatic carbocycles. The smallest absolute Gasteiger partial charge is 0.221 e. The Bertz CT molecular complexity index is 463. The molecule has 0 unspecified atom stereocenters. The minimum absolute atomic E-state index is 0.100. The Balaban J connectivity index is 1.73. The van der Waals surface area contributed by atoms with Crippen molar-refractivity contribution in [3.8, 4) is 11.5 Å². The highest BCUT2D eigenvalue weighted by atomic mass is 16.5. The molecule has 0 fully saturated rings. The van der Waals surface area contributed by atoms with Crippen LogP contribution in [0.5, 0.6) is 11.5 Å². The van der Waals surface area contributed by atoms with Crippen LogP contribution >= 0.6 is 0 Å². The summed E-state index contributed by atoms with van der Waals surface area (Å²) in [6.07, 6.45) is 2.38. The number of nitrogens with one attached hydrogen (secondary N) is 2. The number of fused-ring (bicyclic) bond motifs is 1. The number of rotatable bonds is 7. The summed E-state index contributed by atoms with van der Waals surface area (Å²) in [4.78, 5) is 11.5. The molecule has 0 aromatic heterocycles. The fourth-order valence-electron chi connectivity index (χ4n) is 2.11. The van der Waals surface area contributed by atoms with Crippen LogP contribution in [0.3, 0.4) is 0 Å². The molecule has 2 N–H and O–H groups in total. The molecule has 5 heteroatoms. The van der Waals surface area contributed by atoms with Gasteiger partial charge in [-0.3, -0.25) is 4.79 Å². The van der Waals surface area contributed by atoms with Crippen LogP contribution in [0.4, 0.5) is 0 Å². The third-order valence-corrected chi connectivity index (χ3v) is 3.24. The monoisotopic (exact) mass is 292 g/mol. The van der Waals surface area contributed by atoms with Crippen LogP contribution in [0.15, 0.2) is 18.2 Å². The van der Waals surface area contributed by atoms with Crippen molar-refractivity contribution in [2.24, 2.45) is 0 Å². The number of benzene rings is 1.